The number of hydrogen-bond donors (Lipinski definition) is 2. The summed E-state index contributed by atoms with van der Waals surface area (Å²) in [6, 6.07) is 0. The zero-order chi connectivity index (χ0) is 38.2. The maximum atomic E-state index is 12.4. The van der Waals surface area contributed by atoms with E-state index in [1.165, 1.54) is 25.7 Å². The van der Waals surface area contributed by atoms with E-state index in [0.29, 0.717) is 12.8 Å². The highest BCUT2D eigenvalue weighted by Gasteiger charge is 2.22. The maximum Gasteiger partial charge on any atom is 0.469 e. The van der Waals surface area contributed by atoms with Crippen LogP contribution in [0.15, 0.2) is 97.2 Å². The molecular weight excluding hydrogens is 675 g/mol. The summed E-state index contributed by atoms with van der Waals surface area (Å²) in [5.41, 5.74) is 0. The predicted molar refractivity (Wildman–Crippen MR) is 216 cm³/mol. The molecule has 0 aliphatic carbocycles. The molecular formula is C43H69O8P. The maximum absolute atomic E-state index is 12.4. The molecule has 0 amide bonds. The second-order valence-corrected chi connectivity index (χ2v) is 13.8. The van der Waals surface area contributed by atoms with Crippen molar-refractivity contribution in [1.29, 1.82) is 0 Å². The van der Waals surface area contributed by atoms with Gasteiger partial charge in [0.2, 0.25) is 0 Å². The molecule has 8 nitrogen and oxygen atoms in total. The van der Waals surface area contributed by atoms with Gasteiger partial charge in [-0.1, -0.05) is 137 Å². The van der Waals surface area contributed by atoms with E-state index in [4.69, 9.17) is 19.3 Å². The average molecular weight is 745 g/mol. The van der Waals surface area contributed by atoms with Gasteiger partial charge in [0.15, 0.2) is 6.10 Å². The summed E-state index contributed by atoms with van der Waals surface area (Å²) >= 11 is 0. The second kappa shape index (κ2) is 37.7. The number of carbonyl (C=O) groups is 2. The largest absolute Gasteiger partial charge is 0.469 e. The van der Waals surface area contributed by atoms with Gasteiger partial charge in [0.05, 0.1) is 6.61 Å². The summed E-state index contributed by atoms with van der Waals surface area (Å²) in [4.78, 5) is 42.7. The lowest BCUT2D eigenvalue weighted by atomic mass is 10.1. The lowest BCUT2D eigenvalue weighted by molar-refractivity contribution is -0.161. The van der Waals surface area contributed by atoms with Crippen LogP contribution >= 0.6 is 7.82 Å². The number of hydrogen-bond acceptors (Lipinski definition) is 6. The molecule has 0 spiro atoms. The lowest BCUT2D eigenvalue weighted by Crippen LogP contribution is -2.29. The van der Waals surface area contributed by atoms with Crippen LogP contribution in [0.2, 0.25) is 0 Å². The molecule has 9 heteroatoms. The van der Waals surface area contributed by atoms with Crippen molar-refractivity contribution in [1.82, 2.24) is 0 Å². The highest BCUT2D eigenvalue weighted by molar-refractivity contribution is 7.46. The van der Waals surface area contributed by atoms with Crippen molar-refractivity contribution in [3.8, 4) is 0 Å². The van der Waals surface area contributed by atoms with Crippen LogP contribution < -0.4 is 0 Å². The Hall–Kier alpha value is -3.03. The van der Waals surface area contributed by atoms with Gasteiger partial charge in [-0.15, -0.1) is 0 Å². The third kappa shape index (κ3) is 39.8. The molecule has 0 bridgehead atoms. The van der Waals surface area contributed by atoms with E-state index in [1.54, 1.807) is 0 Å². The molecule has 294 valence electrons. The number of carbonyl (C=O) groups excluding carboxylic acids is 2. The number of ether oxygens (including phenoxy) is 2. The average Bonchev–Trinajstić information content (AvgIpc) is 3.11. The molecule has 1 atom stereocenters. The van der Waals surface area contributed by atoms with Crippen LogP contribution in [0.4, 0.5) is 0 Å². The Bertz CT molecular complexity index is 1160. The molecule has 0 aliphatic rings. The molecule has 0 aromatic carbocycles. The smallest absolute Gasteiger partial charge is 0.462 e. The van der Waals surface area contributed by atoms with Gasteiger partial charge < -0.3 is 19.3 Å². The van der Waals surface area contributed by atoms with Crippen molar-refractivity contribution >= 4 is 19.8 Å². The minimum atomic E-state index is -4.78. The summed E-state index contributed by atoms with van der Waals surface area (Å²) in [5.74, 6) is -0.990. The fourth-order valence-electron chi connectivity index (χ4n) is 4.71. The van der Waals surface area contributed by atoms with Crippen molar-refractivity contribution in [2.75, 3.05) is 13.2 Å². The number of phosphoric ester groups is 1. The third-order valence-corrected chi connectivity index (χ3v) is 8.07. The van der Waals surface area contributed by atoms with Crippen molar-refractivity contribution in [3.05, 3.63) is 97.2 Å². The highest BCUT2D eigenvalue weighted by Crippen LogP contribution is 2.35. The second-order valence-electron chi connectivity index (χ2n) is 12.5. The van der Waals surface area contributed by atoms with Crippen LogP contribution in [0, 0.1) is 0 Å². The zero-order valence-electron chi connectivity index (χ0n) is 32.2. The minimum absolute atomic E-state index is 0.166. The van der Waals surface area contributed by atoms with E-state index < -0.39 is 32.5 Å². The summed E-state index contributed by atoms with van der Waals surface area (Å²) in [6.45, 7) is 3.45. The van der Waals surface area contributed by atoms with Gasteiger partial charge in [-0.25, -0.2) is 4.57 Å². The molecule has 52 heavy (non-hydrogen) atoms. The number of phosphoric acid groups is 1. The van der Waals surface area contributed by atoms with Gasteiger partial charge in [-0.3, -0.25) is 14.1 Å². The van der Waals surface area contributed by atoms with Crippen LogP contribution in [0.3, 0.4) is 0 Å². The molecule has 0 heterocycles. The van der Waals surface area contributed by atoms with Crippen molar-refractivity contribution in [3.63, 3.8) is 0 Å². The first-order chi connectivity index (χ1) is 25.3. The van der Waals surface area contributed by atoms with Crippen molar-refractivity contribution in [2.45, 2.75) is 148 Å². The van der Waals surface area contributed by atoms with Gasteiger partial charge in [0.25, 0.3) is 0 Å². The van der Waals surface area contributed by atoms with Gasteiger partial charge in [-0.2, -0.15) is 0 Å². The van der Waals surface area contributed by atoms with Crippen LogP contribution in [0.25, 0.3) is 0 Å². The molecule has 0 aliphatic heterocycles. The number of unbranched alkanes of at least 4 members (excludes halogenated alkanes) is 8. The fraction of sp³-hybridized carbons (Fsp3) is 0.581. The molecule has 2 N–H and O–H groups in total. The van der Waals surface area contributed by atoms with Gasteiger partial charge in [0.1, 0.15) is 6.61 Å². The van der Waals surface area contributed by atoms with Crippen LogP contribution in [0.5, 0.6) is 0 Å². The van der Waals surface area contributed by atoms with E-state index >= 15 is 0 Å². The lowest BCUT2D eigenvalue weighted by Gasteiger charge is -2.18. The molecule has 0 radical (unpaired) electrons. The monoisotopic (exact) mass is 744 g/mol. The van der Waals surface area contributed by atoms with Crippen molar-refractivity contribution in [2.24, 2.45) is 0 Å². The number of rotatable bonds is 34. The molecule has 0 aromatic heterocycles. The summed E-state index contributed by atoms with van der Waals surface area (Å²) in [6.07, 6.45) is 51.3. The molecule has 0 saturated heterocycles. The van der Waals surface area contributed by atoms with E-state index in [2.05, 4.69) is 110 Å². The standard InChI is InChI=1S/C43H69O8P/c1-3-5-7-9-11-13-15-17-19-21-23-25-27-29-31-33-35-37-42(44)49-39-41(40-50-52(46,47)48)51-43(45)38-36-34-32-30-28-26-24-22-20-18-16-14-12-10-8-6-4-2/h6,8,11-14,17-20,23-26,29,31,41H,3-5,7,9-10,15-16,21-22,27-28,30,32-40H2,1-2H3,(H2,46,47,48)/b8-6-,13-11-,14-12-,19-17-,20-18-,25-23-,26-24-,31-29-/t41-/m1/s1. The molecule has 0 aromatic rings. The molecule has 0 rings (SSSR count). The van der Waals surface area contributed by atoms with Crippen molar-refractivity contribution < 1.29 is 37.9 Å². The van der Waals surface area contributed by atoms with E-state index in [1.807, 2.05) is 6.08 Å². The quantitative estimate of drug-likeness (QED) is 0.0289. The highest BCUT2D eigenvalue weighted by atomic mass is 31.2. The molecule has 0 unspecified atom stereocenters. The van der Waals surface area contributed by atoms with E-state index in [-0.39, 0.29) is 19.4 Å². The fourth-order valence-corrected chi connectivity index (χ4v) is 5.07. The number of allylic oxidation sites excluding steroid dienone is 16. The topological polar surface area (TPSA) is 119 Å². The van der Waals surface area contributed by atoms with Gasteiger partial charge in [-0.05, 0) is 89.9 Å². The van der Waals surface area contributed by atoms with Gasteiger partial charge >= 0.3 is 19.8 Å². The molecule has 0 fully saturated rings. The zero-order valence-corrected chi connectivity index (χ0v) is 33.1. The Morgan fingerprint density at radius 3 is 1.42 bits per heavy atom. The SMILES string of the molecule is CC/C=C\C/C=C\C/C=C\C/C=C\CCCCCCC(=O)O[C@H](COC(=O)CCC/C=C\C/C=C\C/C=C\C/C=C\CCCCC)COP(=O)(O)O. The normalized spacial score (nSPS) is 13.5. The first-order valence-electron chi connectivity index (χ1n) is 19.5. The predicted octanol–water partition coefficient (Wildman–Crippen LogP) is 11.8. The van der Waals surface area contributed by atoms with Gasteiger partial charge in [0, 0.05) is 12.8 Å². The Balaban J connectivity index is 4.13. The minimum Gasteiger partial charge on any atom is -0.462 e. The Labute approximate surface area is 315 Å². The van der Waals surface area contributed by atoms with Crippen LogP contribution in [0.1, 0.15) is 142 Å². The summed E-state index contributed by atoms with van der Waals surface area (Å²) < 4.78 is 26.3. The van der Waals surface area contributed by atoms with Crippen LogP contribution in [-0.2, 0) is 28.2 Å². The van der Waals surface area contributed by atoms with E-state index in [0.717, 1.165) is 77.0 Å². The first-order valence-corrected chi connectivity index (χ1v) is 21.1. The number of esters is 2. The molecule has 0 saturated carbocycles. The van der Waals surface area contributed by atoms with E-state index in [9.17, 15) is 14.2 Å². The Kier molecular flexibility index (Phi) is 35.5. The summed E-state index contributed by atoms with van der Waals surface area (Å²) in [7, 11) is -4.78. The first kappa shape index (κ1) is 49.0. The Morgan fingerprint density at radius 1 is 0.519 bits per heavy atom. The van der Waals surface area contributed by atoms with Crippen LogP contribution in [-0.4, -0.2) is 41.0 Å². The third-order valence-electron chi connectivity index (χ3n) is 7.59. The summed E-state index contributed by atoms with van der Waals surface area (Å²) in [5, 5.41) is 0. The Morgan fingerprint density at radius 2 is 0.942 bits per heavy atom.